The molecule has 16 heavy (non-hydrogen) atoms. The maximum atomic E-state index is 5.77. The summed E-state index contributed by atoms with van der Waals surface area (Å²) in [5, 5.41) is 0. The van der Waals surface area contributed by atoms with Gasteiger partial charge in [-0.3, -0.25) is 4.90 Å². The molecule has 0 amide bonds. The van der Waals surface area contributed by atoms with E-state index in [-0.39, 0.29) is 0 Å². The number of rotatable bonds is 4. The van der Waals surface area contributed by atoms with Crippen LogP contribution >= 0.6 is 0 Å². The molecule has 0 bridgehead atoms. The van der Waals surface area contributed by atoms with Gasteiger partial charge in [-0.25, -0.2) is 0 Å². The van der Waals surface area contributed by atoms with Crippen molar-refractivity contribution in [3.05, 3.63) is 23.5 Å². The molecule has 0 radical (unpaired) electrons. The Bertz CT molecular complexity index is 278. The first-order chi connectivity index (χ1) is 7.84. The van der Waals surface area contributed by atoms with Crippen LogP contribution in [0.1, 0.15) is 19.8 Å². The van der Waals surface area contributed by atoms with Gasteiger partial charge in [-0.1, -0.05) is 11.6 Å². The highest BCUT2D eigenvalue weighted by molar-refractivity contribution is 5.19. The van der Waals surface area contributed by atoms with Gasteiger partial charge in [0.05, 0.1) is 19.0 Å². The summed E-state index contributed by atoms with van der Waals surface area (Å²) in [6.45, 7) is 7.81. The Morgan fingerprint density at radius 3 is 2.75 bits per heavy atom. The van der Waals surface area contributed by atoms with Crippen LogP contribution in [-0.2, 0) is 9.47 Å². The molecule has 1 aliphatic heterocycles. The maximum Gasteiger partial charge on any atom is 0.100 e. The van der Waals surface area contributed by atoms with Crippen molar-refractivity contribution in [3.8, 4) is 0 Å². The zero-order valence-electron chi connectivity index (χ0n) is 10.1. The van der Waals surface area contributed by atoms with Gasteiger partial charge in [-0.05, 0) is 19.4 Å². The van der Waals surface area contributed by atoms with Gasteiger partial charge < -0.3 is 9.47 Å². The first kappa shape index (κ1) is 11.7. The van der Waals surface area contributed by atoms with Gasteiger partial charge >= 0.3 is 0 Å². The predicted octanol–water partition coefficient (Wildman–Crippen LogP) is 1.96. The maximum absolute atomic E-state index is 5.77. The molecule has 0 aromatic rings. The van der Waals surface area contributed by atoms with E-state index in [2.05, 4.69) is 24.0 Å². The first-order valence-corrected chi connectivity index (χ1v) is 6.14. The number of ether oxygens (including phenoxy) is 2. The molecule has 0 saturated carbocycles. The fraction of sp³-hybridized carbons (Fsp3) is 0.692. The molecule has 0 spiro atoms. The van der Waals surface area contributed by atoms with E-state index >= 15 is 0 Å². The zero-order valence-corrected chi connectivity index (χ0v) is 10.1. The van der Waals surface area contributed by atoms with Crippen molar-refractivity contribution in [1.82, 2.24) is 4.90 Å². The molecule has 0 N–H and O–H groups in total. The molecule has 1 saturated heterocycles. The van der Waals surface area contributed by atoms with Gasteiger partial charge in [0.1, 0.15) is 6.61 Å². The van der Waals surface area contributed by atoms with Crippen LogP contribution in [0.15, 0.2) is 23.5 Å². The highest BCUT2D eigenvalue weighted by Gasteiger charge is 2.10. The van der Waals surface area contributed by atoms with E-state index in [0.717, 1.165) is 58.1 Å². The van der Waals surface area contributed by atoms with E-state index in [1.54, 1.807) is 0 Å². The summed E-state index contributed by atoms with van der Waals surface area (Å²) in [5.74, 6) is 1.14. The van der Waals surface area contributed by atoms with E-state index in [1.807, 2.05) is 0 Å². The Balaban J connectivity index is 1.64. The van der Waals surface area contributed by atoms with Crippen molar-refractivity contribution in [2.24, 2.45) is 0 Å². The van der Waals surface area contributed by atoms with Gasteiger partial charge in [-0.15, -0.1) is 0 Å². The van der Waals surface area contributed by atoms with Gasteiger partial charge in [0.2, 0.25) is 0 Å². The molecule has 1 heterocycles. The second-order valence-corrected chi connectivity index (χ2v) is 4.45. The van der Waals surface area contributed by atoms with E-state index in [1.165, 1.54) is 5.57 Å². The molecule has 90 valence electrons. The number of allylic oxidation sites excluding steroid dienone is 4. The minimum absolute atomic E-state index is 0.804. The number of nitrogens with zero attached hydrogens (tertiary/aromatic N) is 1. The highest BCUT2D eigenvalue weighted by Crippen LogP contribution is 2.18. The molecule has 3 nitrogen and oxygen atoms in total. The van der Waals surface area contributed by atoms with Crippen molar-refractivity contribution in [2.75, 3.05) is 39.5 Å². The Morgan fingerprint density at radius 1 is 1.25 bits per heavy atom. The second kappa shape index (κ2) is 6.06. The zero-order chi connectivity index (χ0) is 11.2. The predicted molar refractivity (Wildman–Crippen MR) is 64.3 cm³/mol. The molecule has 1 fully saturated rings. The van der Waals surface area contributed by atoms with E-state index in [9.17, 15) is 0 Å². The fourth-order valence-corrected chi connectivity index (χ4v) is 1.97. The van der Waals surface area contributed by atoms with Gasteiger partial charge in [0.25, 0.3) is 0 Å². The summed E-state index contributed by atoms with van der Waals surface area (Å²) in [4.78, 5) is 2.40. The molecule has 0 aromatic carbocycles. The Kier molecular flexibility index (Phi) is 4.43. The normalized spacial score (nSPS) is 22.6. The standard InChI is InChI=1S/C13H21NO2/c1-12-2-4-13(5-3-12)16-11-8-14-6-9-15-10-7-14/h2,4H,3,5-11H2,1H3. The van der Waals surface area contributed by atoms with E-state index in [4.69, 9.17) is 9.47 Å². The van der Waals surface area contributed by atoms with Crippen LogP contribution in [0, 0.1) is 0 Å². The average molecular weight is 223 g/mol. The monoisotopic (exact) mass is 223 g/mol. The highest BCUT2D eigenvalue weighted by atomic mass is 16.5. The van der Waals surface area contributed by atoms with Gasteiger partial charge in [0, 0.05) is 26.1 Å². The topological polar surface area (TPSA) is 21.7 Å². The van der Waals surface area contributed by atoms with Crippen LogP contribution < -0.4 is 0 Å². The van der Waals surface area contributed by atoms with Gasteiger partial charge in [0.15, 0.2) is 0 Å². The third kappa shape index (κ3) is 3.65. The minimum Gasteiger partial charge on any atom is -0.497 e. The number of hydrogen-bond acceptors (Lipinski definition) is 3. The van der Waals surface area contributed by atoms with Crippen molar-refractivity contribution in [2.45, 2.75) is 19.8 Å². The summed E-state index contributed by atoms with van der Waals surface area (Å²) in [6.07, 6.45) is 6.47. The molecule has 0 aromatic heterocycles. The van der Waals surface area contributed by atoms with Crippen molar-refractivity contribution >= 4 is 0 Å². The SMILES string of the molecule is CC1=CC=C(OCCN2CCOCC2)CC1. The van der Waals surface area contributed by atoms with Crippen LogP contribution in [0.25, 0.3) is 0 Å². The minimum atomic E-state index is 0.804. The van der Waals surface area contributed by atoms with E-state index < -0.39 is 0 Å². The van der Waals surface area contributed by atoms with Crippen LogP contribution in [0.2, 0.25) is 0 Å². The molecular weight excluding hydrogens is 202 g/mol. The first-order valence-electron chi connectivity index (χ1n) is 6.14. The Morgan fingerprint density at radius 2 is 2.06 bits per heavy atom. The molecule has 3 heteroatoms. The average Bonchev–Trinajstić information content (AvgIpc) is 2.33. The Hall–Kier alpha value is -0.800. The molecule has 0 atom stereocenters. The summed E-state index contributed by atoms with van der Waals surface area (Å²) in [7, 11) is 0. The lowest BCUT2D eigenvalue weighted by molar-refractivity contribution is 0.0270. The van der Waals surface area contributed by atoms with Crippen molar-refractivity contribution < 1.29 is 9.47 Å². The Labute approximate surface area is 97.7 Å². The fourth-order valence-electron chi connectivity index (χ4n) is 1.97. The molecular formula is C13H21NO2. The van der Waals surface area contributed by atoms with Crippen LogP contribution in [-0.4, -0.2) is 44.4 Å². The largest absolute Gasteiger partial charge is 0.497 e. The summed E-state index contributed by atoms with van der Waals surface area (Å²) in [6, 6.07) is 0. The molecule has 1 aliphatic carbocycles. The summed E-state index contributed by atoms with van der Waals surface area (Å²) < 4.78 is 11.1. The molecule has 2 rings (SSSR count). The quantitative estimate of drug-likeness (QED) is 0.727. The lowest BCUT2D eigenvalue weighted by atomic mass is 10.1. The smallest absolute Gasteiger partial charge is 0.100 e. The lowest BCUT2D eigenvalue weighted by Gasteiger charge is -2.26. The number of morpholine rings is 1. The van der Waals surface area contributed by atoms with E-state index in [0.29, 0.717) is 0 Å². The molecule has 0 unspecified atom stereocenters. The third-order valence-electron chi connectivity index (χ3n) is 3.12. The van der Waals surface area contributed by atoms with Gasteiger partial charge in [-0.2, -0.15) is 0 Å². The van der Waals surface area contributed by atoms with Crippen molar-refractivity contribution in [1.29, 1.82) is 0 Å². The second-order valence-electron chi connectivity index (χ2n) is 4.45. The number of hydrogen-bond donors (Lipinski definition) is 0. The third-order valence-corrected chi connectivity index (χ3v) is 3.12. The summed E-state index contributed by atoms with van der Waals surface area (Å²) in [5.41, 5.74) is 1.44. The van der Waals surface area contributed by atoms with Crippen LogP contribution in [0.5, 0.6) is 0 Å². The van der Waals surface area contributed by atoms with Crippen molar-refractivity contribution in [3.63, 3.8) is 0 Å². The summed E-state index contributed by atoms with van der Waals surface area (Å²) >= 11 is 0. The molecule has 2 aliphatic rings. The lowest BCUT2D eigenvalue weighted by Crippen LogP contribution is -2.38. The van der Waals surface area contributed by atoms with Crippen LogP contribution in [0.3, 0.4) is 0 Å². The van der Waals surface area contributed by atoms with Crippen LogP contribution in [0.4, 0.5) is 0 Å².